The molecule has 2 unspecified atom stereocenters. The first kappa shape index (κ1) is 8.29. The monoisotopic (exact) mass is 160 g/mol. The van der Waals surface area contributed by atoms with Crippen molar-refractivity contribution >= 4 is 6.09 Å². The van der Waals surface area contributed by atoms with Crippen LogP contribution in [-0.2, 0) is 4.74 Å². The molecule has 5 nitrogen and oxygen atoms in total. The number of amides is 1. The zero-order valence-corrected chi connectivity index (χ0v) is 6.36. The van der Waals surface area contributed by atoms with Gasteiger partial charge in [0.1, 0.15) is 0 Å². The van der Waals surface area contributed by atoms with E-state index < -0.39 is 6.09 Å². The summed E-state index contributed by atoms with van der Waals surface area (Å²) in [6.45, 7) is 0.751. The molecule has 1 heterocycles. The van der Waals surface area contributed by atoms with Crippen molar-refractivity contribution in [3.8, 4) is 0 Å². The normalized spacial score (nSPS) is 30.9. The summed E-state index contributed by atoms with van der Waals surface area (Å²) in [5, 5.41) is 8.56. The number of methoxy groups -OCH3 is 1. The van der Waals surface area contributed by atoms with Crippen molar-refractivity contribution in [1.82, 2.24) is 4.90 Å². The molecule has 0 aromatic heterocycles. The van der Waals surface area contributed by atoms with Crippen LogP contribution in [-0.4, -0.2) is 48.4 Å². The molecule has 1 aliphatic rings. The van der Waals surface area contributed by atoms with Crippen molar-refractivity contribution in [2.24, 2.45) is 5.73 Å². The van der Waals surface area contributed by atoms with E-state index in [2.05, 4.69) is 0 Å². The zero-order chi connectivity index (χ0) is 8.43. The lowest BCUT2D eigenvalue weighted by Crippen LogP contribution is -2.34. The molecule has 1 fully saturated rings. The highest BCUT2D eigenvalue weighted by Crippen LogP contribution is 2.10. The minimum absolute atomic E-state index is 0.147. The quantitative estimate of drug-likeness (QED) is 0.533. The highest BCUT2D eigenvalue weighted by atomic mass is 16.5. The standard InChI is InChI=1S/C6H12N2O3/c1-11-5-3-8(6(9)10)2-4(5)7/h4-5H,2-3,7H2,1H3,(H,9,10). The van der Waals surface area contributed by atoms with E-state index in [9.17, 15) is 4.79 Å². The van der Waals surface area contributed by atoms with Crippen LogP contribution in [0.5, 0.6) is 0 Å². The predicted octanol–water partition coefficient (Wildman–Crippen LogP) is -0.678. The lowest BCUT2D eigenvalue weighted by atomic mass is 10.2. The van der Waals surface area contributed by atoms with Gasteiger partial charge in [0.05, 0.1) is 18.7 Å². The number of ether oxygens (including phenoxy) is 1. The van der Waals surface area contributed by atoms with E-state index in [0.29, 0.717) is 13.1 Å². The lowest BCUT2D eigenvalue weighted by Gasteiger charge is -2.10. The number of nitrogens with zero attached hydrogens (tertiary/aromatic N) is 1. The Morgan fingerprint density at radius 3 is 2.64 bits per heavy atom. The summed E-state index contributed by atoms with van der Waals surface area (Å²) in [4.78, 5) is 11.7. The third-order valence-electron chi connectivity index (χ3n) is 1.88. The minimum atomic E-state index is -0.931. The summed E-state index contributed by atoms with van der Waals surface area (Å²) in [7, 11) is 1.54. The average molecular weight is 160 g/mol. The van der Waals surface area contributed by atoms with Crippen LogP contribution in [0.1, 0.15) is 0 Å². The van der Waals surface area contributed by atoms with Crippen LogP contribution in [0.4, 0.5) is 4.79 Å². The Morgan fingerprint density at radius 1 is 1.73 bits per heavy atom. The minimum Gasteiger partial charge on any atom is -0.465 e. The van der Waals surface area contributed by atoms with E-state index in [1.807, 2.05) is 0 Å². The fraction of sp³-hybridized carbons (Fsp3) is 0.833. The van der Waals surface area contributed by atoms with Gasteiger partial charge in [-0.15, -0.1) is 0 Å². The van der Waals surface area contributed by atoms with E-state index in [4.69, 9.17) is 15.6 Å². The Morgan fingerprint density at radius 2 is 2.36 bits per heavy atom. The summed E-state index contributed by atoms with van der Waals surface area (Å²) >= 11 is 0. The Hall–Kier alpha value is -0.810. The molecule has 5 heteroatoms. The molecule has 1 rings (SSSR count). The second kappa shape index (κ2) is 3.06. The molecule has 2 atom stereocenters. The van der Waals surface area contributed by atoms with Crippen molar-refractivity contribution in [3.63, 3.8) is 0 Å². The van der Waals surface area contributed by atoms with Crippen LogP contribution >= 0.6 is 0 Å². The van der Waals surface area contributed by atoms with Gasteiger partial charge in [-0.2, -0.15) is 0 Å². The Labute approximate surface area is 64.7 Å². The summed E-state index contributed by atoms with van der Waals surface area (Å²) < 4.78 is 4.97. The maximum atomic E-state index is 10.4. The number of carboxylic acid groups (broad SMARTS) is 1. The zero-order valence-electron chi connectivity index (χ0n) is 6.36. The van der Waals surface area contributed by atoms with Crippen molar-refractivity contribution in [2.75, 3.05) is 20.2 Å². The Balaban J connectivity index is 2.49. The number of hydrogen-bond acceptors (Lipinski definition) is 3. The number of rotatable bonds is 1. The topological polar surface area (TPSA) is 75.8 Å². The summed E-state index contributed by atoms with van der Waals surface area (Å²) in [6, 6.07) is -0.184. The maximum Gasteiger partial charge on any atom is 0.407 e. The second-order valence-corrected chi connectivity index (χ2v) is 2.63. The molecule has 0 radical (unpaired) electrons. The second-order valence-electron chi connectivity index (χ2n) is 2.63. The summed E-state index contributed by atoms with van der Waals surface area (Å²) in [6.07, 6.45) is -1.08. The first-order chi connectivity index (χ1) is 5.15. The summed E-state index contributed by atoms with van der Waals surface area (Å²) in [5.74, 6) is 0. The van der Waals surface area contributed by atoms with Crippen LogP contribution in [0.2, 0.25) is 0 Å². The third kappa shape index (κ3) is 1.61. The molecular weight excluding hydrogens is 148 g/mol. The van der Waals surface area contributed by atoms with Gasteiger partial charge in [-0.3, -0.25) is 0 Å². The van der Waals surface area contributed by atoms with Gasteiger partial charge < -0.3 is 20.5 Å². The van der Waals surface area contributed by atoms with Crippen molar-refractivity contribution in [3.05, 3.63) is 0 Å². The maximum absolute atomic E-state index is 10.4. The van der Waals surface area contributed by atoms with Crippen LogP contribution in [0, 0.1) is 0 Å². The Bertz CT molecular complexity index is 162. The van der Waals surface area contributed by atoms with Crippen molar-refractivity contribution in [2.45, 2.75) is 12.1 Å². The average Bonchev–Trinajstić information content (AvgIpc) is 2.31. The van der Waals surface area contributed by atoms with E-state index in [1.165, 1.54) is 12.0 Å². The molecule has 0 aromatic rings. The highest BCUT2D eigenvalue weighted by molar-refractivity contribution is 5.65. The molecule has 0 spiro atoms. The van der Waals surface area contributed by atoms with Crippen molar-refractivity contribution < 1.29 is 14.6 Å². The Kier molecular flexibility index (Phi) is 2.31. The van der Waals surface area contributed by atoms with Gasteiger partial charge in [-0.1, -0.05) is 0 Å². The molecule has 1 amide bonds. The first-order valence-electron chi connectivity index (χ1n) is 3.41. The van der Waals surface area contributed by atoms with Gasteiger partial charge in [0.25, 0.3) is 0 Å². The third-order valence-corrected chi connectivity index (χ3v) is 1.88. The molecule has 0 bridgehead atoms. The highest BCUT2D eigenvalue weighted by Gasteiger charge is 2.32. The molecule has 3 N–H and O–H groups in total. The van der Waals surface area contributed by atoms with Gasteiger partial charge in [0.2, 0.25) is 0 Å². The number of carbonyl (C=O) groups is 1. The van der Waals surface area contributed by atoms with Crippen LogP contribution < -0.4 is 5.73 Å². The predicted molar refractivity (Wildman–Crippen MR) is 38.4 cm³/mol. The van der Waals surface area contributed by atoms with Gasteiger partial charge >= 0.3 is 6.09 Å². The number of likely N-dealkylation sites (tertiary alicyclic amines) is 1. The molecule has 11 heavy (non-hydrogen) atoms. The molecule has 1 aliphatic heterocycles. The van der Waals surface area contributed by atoms with E-state index in [-0.39, 0.29) is 12.1 Å². The van der Waals surface area contributed by atoms with Gasteiger partial charge in [0, 0.05) is 13.7 Å². The molecule has 1 saturated heterocycles. The summed E-state index contributed by atoms with van der Waals surface area (Å²) in [5.41, 5.74) is 5.59. The first-order valence-corrected chi connectivity index (χ1v) is 3.41. The van der Waals surface area contributed by atoms with Gasteiger partial charge in [0.15, 0.2) is 0 Å². The van der Waals surface area contributed by atoms with Crippen molar-refractivity contribution in [1.29, 1.82) is 0 Å². The van der Waals surface area contributed by atoms with Crippen LogP contribution in [0.25, 0.3) is 0 Å². The molecule has 0 aliphatic carbocycles. The number of nitrogens with two attached hydrogens (primary N) is 1. The molecule has 64 valence electrons. The smallest absolute Gasteiger partial charge is 0.407 e. The molecular formula is C6H12N2O3. The van der Waals surface area contributed by atoms with Gasteiger partial charge in [-0.25, -0.2) is 4.79 Å². The molecule has 0 aromatic carbocycles. The molecule has 0 saturated carbocycles. The van der Waals surface area contributed by atoms with Crippen LogP contribution in [0.15, 0.2) is 0 Å². The number of hydrogen-bond donors (Lipinski definition) is 2. The largest absolute Gasteiger partial charge is 0.465 e. The fourth-order valence-corrected chi connectivity index (χ4v) is 1.20. The lowest BCUT2D eigenvalue weighted by molar-refractivity contribution is 0.0954. The van der Waals surface area contributed by atoms with Crippen LogP contribution in [0.3, 0.4) is 0 Å². The van der Waals surface area contributed by atoms with E-state index in [0.717, 1.165) is 0 Å². The SMILES string of the molecule is COC1CN(C(=O)O)CC1N. The van der Waals surface area contributed by atoms with E-state index >= 15 is 0 Å². The fourth-order valence-electron chi connectivity index (χ4n) is 1.20. The van der Waals surface area contributed by atoms with Gasteiger partial charge in [-0.05, 0) is 0 Å². The van der Waals surface area contributed by atoms with E-state index in [1.54, 1.807) is 0 Å².